The molecule has 0 spiro atoms. The number of hydrogen-bond acceptors (Lipinski definition) is 3. The van der Waals surface area contributed by atoms with Crippen molar-refractivity contribution in [1.82, 2.24) is 0 Å². The zero-order valence-corrected chi connectivity index (χ0v) is 11.3. The van der Waals surface area contributed by atoms with E-state index in [-0.39, 0.29) is 5.97 Å². The number of benzene rings is 2. The second kappa shape index (κ2) is 5.94. The van der Waals surface area contributed by atoms with Crippen LogP contribution in [-0.2, 0) is 4.74 Å². The van der Waals surface area contributed by atoms with Crippen LogP contribution in [0.25, 0.3) is 11.1 Å². The highest BCUT2D eigenvalue weighted by Gasteiger charge is 2.06. The van der Waals surface area contributed by atoms with Crippen molar-refractivity contribution in [2.45, 2.75) is 4.90 Å². The third kappa shape index (κ3) is 2.86. The minimum atomic E-state index is -0.329. The molecule has 4 heteroatoms. The Morgan fingerprint density at radius 3 is 2.44 bits per heavy atom. The molecule has 0 radical (unpaired) electrons. The van der Waals surface area contributed by atoms with Crippen LogP contribution in [0.3, 0.4) is 0 Å². The van der Waals surface area contributed by atoms with E-state index in [1.807, 2.05) is 42.5 Å². The van der Waals surface area contributed by atoms with Gasteiger partial charge in [-0.3, -0.25) is 0 Å². The standard InChI is InChI=1S/C14H11ClO2S/c1-17-14(16)12-4-2-3-11(9-12)10-5-7-13(18-15)8-6-10/h2-9H,1H3. The molecular weight excluding hydrogens is 268 g/mol. The Bertz CT molecular complexity index is 552. The van der Waals surface area contributed by atoms with Gasteiger partial charge in [-0.1, -0.05) is 24.3 Å². The quantitative estimate of drug-likeness (QED) is 0.779. The normalized spacial score (nSPS) is 10.1. The Labute approximate surface area is 114 Å². The van der Waals surface area contributed by atoms with Crippen LogP contribution in [0.4, 0.5) is 0 Å². The van der Waals surface area contributed by atoms with Crippen LogP contribution in [0.2, 0.25) is 0 Å². The van der Waals surface area contributed by atoms with Crippen LogP contribution in [0.15, 0.2) is 53.4 Å². The molecule has 0 saturated heterocycles. The van der Waals surface area contributed by atoms with Gasteiger partial charge in [0.05, 0.1) is 12.7 Å². The molecule has 0 bridgehead atoms. The summed E-state index contributed by atoms with van der Waals surface area (Å²) >= 11 is 0. The summed E-state index contributed by atoms with van der Waals surface area (Å²) in [6.45, 7) is 0. The first-order chi connectivity index (χ1) is 8.74. The second-order valence-electron chi connectivity index (χ2n) is 3.67. The number of methoxy groups -OCH3 is 1. The molecular formula is C14H11ClO2S. The minimum Gasteiger partial charge on any atom is -0.465 e. The average molecular weight is 279 g/mol. The van der Waals surface area contributed by atoms with Crippen molar-refractivity contribution in [3.05, 3.63) is 54.1 Å². The van der Waals surface area contributed by atoms with E-state index >= 15 is 0 Å². The van der Waals surface area contributed by atoms with Crippen LogP contribution in [0.5, 0.6) is 0 Å². The Balaban J connectivity index is 2.35. The van der Waals surface area contributed by atoms with Gasteiger partial charge in [-0.25, -0.2) is 4.79 Å². The molecule has 2 aromatic rings. The van der Waals surface area contributed by atoms with Crippen molar-refractivity contribution >= 4 is 27.6 Å². The highest BCUT2D eigenvalue weighted by atomic mass is 35.7. The number of esters is 1. The van der Waals surface area contributed by atoms with Gasteiger partial charge in [-0.2, -0.15) is 0 Å². The fourth-order valence-electron chi connectivity index (χ4n) is 1.64. The number of carbonyl (C=O) groups is 1. The maximum atomic E-state index is 11.5. The lowest BCUT2D eigenvalue weighted by molar-refractivity contribution is 0.0601. The summed E-state index contributed by atoms with van der Waals surface area (Å²) in [7, 11) is 8.23. The van der Waals surface area contributed by atoms with E-state index in [4.69, 9.17) is 15.4 Å². The molecule has 0 atom stereocenters. The van der Waals surface area contributed by atoms with Gasteiger partial charge < -0.3 is 4.74 Å². The van der Waals surface area contributed by atoms with Crippen LogP contribution in [-0.4, -0.2) is 13.1 Å². The molecule has 18 heavy (non-hydrogen) atoms. The molecule has 0 heterocycles. The molecule has 0 fully saturated rings. The van der Waals surface area contributed by atoms with E-state index in [0.29, 0.717) is 5.56 Å². The van der Waals surface area contributed by atoms with Crippen molar-refractivity contribution in [3.63, 3.8) is 0 Å². The number of rotatable bonds is 3. The van der Waals surface area contributed by atoms with E-state index in [0.717, 1.165) is 16.0 Å². The third-order valence-electron chi connectivity index (χ3n) is 2.56. The molecule has 0 saturated carbocycles. The van der Waals surface area contributed by atoms with Gasteiger partial charge in [0.25, 0.3) is 0 Å². The molecule has 2 rings (SSSR count). The number of carbonyl (C=O) groups excluding carboxylic acids is 1. The number of ether oxygens (including phenoxy) is 1. The van der Waals surface area contributed by atoms with E-state index in [9.17, 15) is 4.79 Å². The first kappa shape index (κ1) is 13.0. The number of hydrogen-bond donors (Lipinski definition) is 0. The lowest BCUT2D eigenvalue weighted by Gasteiger charge is -2.05. The number of halogens is 1. The van der Waals surface area contributed by atoms with Crippen LogP contribution >= 0.6 is 21.7 Å². The van der Waals surface area contributed by atoms with Gasteiger partial charge in [-0.15, -0.1) is 0 Å². The lowest BCUT2D eigenvalue weighted by Crippen LogP contribution is -2.00. The molecule has 0 aliphatic heterocycles. The van der Waals surface area contributed by atoms with Crippen LogP contribution in [0.1, 0.15) is 10.4 Å². The Hall–Kier alpha value is -1.45. The molecule has 0 N–H and O–H groups in total. The molecule has 92 valence electrons. The molecule has 2 aromatic carbocycles. The summed E-state index contributed by atoms with van der Waals surface area (Å²) in [5, 5.41) is 0. The highest BCUT2D eigenvalue weighted by molar-refractivity contribution is 8.21. The van der Waals surface area contributed by atoms with E-state index < -0.39 is 0 Å². The van der Waals surface area contributed by atoms with Gasteiger partial charge in [0.15, 0.2) is 0 Å². The monoisotopic (exact) mass is 278 g/mol. The predicted octanol–water partition coefficient (Wildman–Crippen LogP) is 4.39. The maximum absolute atomic E-state index is 11.5. The summed E-state index contributed by atoms with van der Waals surface area (Å²) in [6.07, 6.45) is 0. The van der Waals surface area contributed by atoms with Crippen molar-refractivity contribution in [1.29, 1.82) is 0 Å². The van der Waals surface area contributed by atoms with Crippen molar-refractivity contribution < 1.29 is 9.53 Å². The first-order valence-corrected chi connectivity index (χ1v) is 6.96. The molecule has 2 nitrogen and oxygen atoms in total. The molecule has 0 aromatic heterocycles. The van der Waals surface area contributed by atoms with Crippen molar-refractivity contribution in [3.8, 4) is 11.1 Å². The predicted molar refractivity (Wildman–Crippen MR) is 74.9 cm³/mol. The maximum Gasteiger partial charge on any atom is 0.337 e. The Kier molecular flexibility index (Phi) is 4.28. The molecule has 0 amide bonds. The van der Waals surface area contributed by atoms with Gasteiger partial charge >= 0.3 is 5.97 Å². The average Bonchev–Trinajstić information content (AvgIpc) is 2.46. The fourth-order valence-corrected chi connectivity index (χ4v) is 2.19. The van der Waals surface area contributed by atoms with E-state index in [1.54, 1.807) is 6.07 Å². The third-order valence-corrected chi connectivity index (χ3v) is 3.55. The van der Waals surface area contributed by atoms with Gasteiger partial charge in [0, 0.05) is 4.90 Å². The van der Waals surface area contributed by atoms with Crippen molar-refractivity contribution in [2.75, 3.05) is 7.11 Å². The Morgan fingerprint density at radius 1 is 1.11 bits per heavy atom. The zero-order chi connectivity index (χ0) is 13.0. The van der Waals surface area contributed by atoms with E-state index in [1.165, 1.54) is 18.1 Å². The largest absolute Gasteiger partial charge is 0.465 e. The van der Waals surface area contributed by atoms with Gasteiger partial charge in [0.1, 0.15) is 0 Å². The molecule has 0 aliphatic rings. The minimum absolute atomic E-state index is 0.329. The van der Waals surface area contributed by atoms with Crippen LogP contribution in [0, 0.1) is 0 Å². The molecule has 0 aliphatic carbocycles. The molecule has 0 unspecified atom stereocenters. The summed E-state index contributed by atoms with van der Waals surface area (Å²) in [4.78, 5) is 12.4. The Morgan fingerprint density at radius 2 is 1.83 bits per heavy atom. The zero-order valence-electron chi connectivity index (χ0n) is 9.72. The first-order valence-electron chi connectivity index (χ1n) is 5.32. The SMILES string of the molecule is COC(=O)c1cccc(-c2ccc(SCl)cc2)c1. The summed E-state index contributed by atoms with van der Waals surface area (Å²) in [6, 6.07) is 15.2. The van der Waals surface area contributed by atoms with E-state index in [2.05, 4.69) is 0 Å². The second-order valence-corrected chi connectivity index (χ2v) is 4.76. The summed E-state index contributed by atoms with van der Waals surface area (Å²) < 4.78 is 4.70. The fraction of sp³-hybridized carbons (Fsp3) is 0.0714. The smallest absolute Gasteiger partial charge is 0.337 e. The summed E-state index contributed by atoms with van der Waals surface area (Å²) in [5.74, 6) is -0.329. The van der Waals surface area contributed by atoms with Crippen LogP contribution < -0.4 is 0 Å². The topological polar surface area (TPSA) is 26.3 Å². The van der Waals surface area contributed by atoms with Crippen molar-refractivity contribution in [2.24, 2.45) is 0 Å². The summed E-state index contributed by atoms with van der Waals surface area (Å²) in [5.41, 5.74) is 2.56. The van der Waals surface area contributed by atoms with Gasteiger partial charge in [0.2, 0.25) is 0 Å². The highest BCUT2D eigenvalue weighted by Crippen LogP contribution is 2.26. The van der Waals surface area contributed by atoms with Gasteiger partial charge in [-0.05, 0) is 57.1 Å². The lowest BCUT2D eigenvalue weighted by atomic mass is 10.0.